The van der Waals surface area contributed by atoms with Crippen LogP contribution in [-0.4, -0.2) is 21.3 Å². The third kappa shape index (κ3) is 1.44. The van der Waals surface area contributed by atoms with Gasteiger partial charge in [0.05, 0.1) is 11.6 Å². The molecule has 13 heavy (non-hydrogen) atoms. The highest BCUT2D eigenvalue weighted by Gasteiger charge is 2.21. The molecule has 1 aromatic heterocycles. The van der Waals surface area contributed by atoms with Gasteiger partial charge in [0.25, 0.3) is 0 Å². The third-order valence-corrected chi connectivity index (χ3v) is 1.74. The Bertz CT molecular complexity index is 376. The predicted octanol–water partition coefficient (Wildman–Crippen LogP) is 0.0517. The fraction of sp³-hybridized carbons (Fsp3) is 0.286. The molecule has 1 aromatic rings. The van der Waals surface area contributed by atoms with Crippen molar-refractivity contribution in [3.63, 3.8) is 0 Å². The van der Waals surface area contributed by atoms with Crippen molar-refractivity contribution in [1.82, 2.24) is 10.2 Å². The lowest BCUT2D eigenvalue weighted by Gasteiger charge is -2.01. The number of H-pyrrole nitrogens is 1. The number of nitrogens with one attached hydrogen (secondary N) is 1. The van der Waals surface area contributed by atoms with Gasteiger partial charge in [0.15, 0.2) is 5.82 Å². The monoisotopic (exact) mass is 180 g/mol. The number of carbonyl (C=O) groups is 1. The summed E-state index contributed by atoms with van der Waals surface area (Å²) in [5, 5.41) is 23.3. The molecule has 68 valence electrons. The molecular weight excluding hydrogens is 172 g/mol. The molecule has 1 unspecified atom stereocenters. The van der Waals surface area contributed by atoms with Gasteiger partial charge in [-0.3, -0.25) is 9.89 Å². The van der Waals surface area contributed by atoms with Gasteiger partial charge in [0, 0.05) is 0 Å². The normalized spacial score (nSPS) is 12.0. The minimum atomic E-state index is -1.03. The Morgan fingerprint density at radius 2 is 2.46 bits per heavy atom. The van der Waals surface area contributed by atoms with Crippen LogP contribution in [0.15, 0.2) is 0 Å². The van der Waals surface area contributed by atoms with Crippen molar-refractivity contribution in [3.8, 4) is 6.07 Å². The lowest BCUT2D eigenvalue weighted by Crippen LogP contribution is -2.09. The summed E-state index contributed by atoms with van der Waals surface area (Å²) in [7, 11) is 0. The van der Waals surface area contributed by atoms with E-state index < -0.39 is 11.9 Å². The topological polar surface area (TPSA) is 116 Å². The molecule has 0 radical (unpaired) electrons. The highest BCUT2D eigenvalue weighted by Crippen LogP contribution is 2.20. The van der Waals surface area contributed by atoms with Gasteiger partial charge in [0.2, 0.25) is 0 Å². The van der Waals surface area contributed by atoms with Crippen LogP contribution in [0.2, 0.25) is 0 Å². The number of nitrogens with two attached hydrogens (primary N) is 1. The fourth-order valence-corrected chi connectivity index (χ4v) is 0.925. The van der Waals surface area contributed by atoms with Gasteiger partial charge in [-0.05, 0) is 6.92 Å². The molecule has 0 fully saturated rings. The first kappa shape index (κ1) is 9.06. The lowest BCUT2D eigenvalue weighted by atomic mass is 10.0. The van der Waals surface area contributed by atoms with E-state index in [0.717, 1.165) is 0 Å². The number of hydrogen-bond acceptors (Lipinski definition) is 4. The largest absolute Gasteiger partial charge is 0.481 e. The zero-order valence-corrected chi connectivity index (χ0v) is 6.90. The predicted molar refractivity (Wildman–Crippen MR) is 43.8 cm³/mol. The van der Waals surface area contributed by atoms with Gasteiger partial charge in [-0.2, -0.15) is 10.4 Å². The molecule has 1 heterocycles. The first-order valence-electron chi connectivity index (χ1n) is 3.54. The average Bonchev–Trinajstić information content (AvgIpc) is 2.45. The number of aliphatic carboxylic acids is 1. The van der Waals surface area contributed by atoms with Crippen LogP contribution in [0, 0.1) is 11.3 Å². The van der Waals surface area contributed by atoms with Crippen molar-refractivity contribution in [1.29, 1.82) is 5.26 Å². The molecule has 0 aliphatic heterocycles. The number of carboxylic acid groups (broad SMARTS) is 1. The van der Waals surface area contributed by atoms with E-state index in [2.05, 4.69) is 10.2 Å². The van der Waals surface area contributed by atoms with Crippen LogP contribution in [0.1, 0.15) is 24.1 Å². The van der Waals surface area contributed by atoms with E-state index in [4.69, 9.17) is 16.1 Å². The van der Waals surface area contributed by atoms with Crippen LogP contribution in [0.4, 0.5) is 5.82 Å². The van der Waals surface area contributed by atoms with E-state index >= 15 is 0 Å². The second kappa shape index (κ2) is 3.15. The first-order valence-corrected chi connectivity index (χ1v) is 3.54. The van der Waals surface area contributed by atoms with Crippen LogP contribution in [-0.2, 0) is 4.79 Å². The zero-order chi connectivity index (χ0) is 10.0. The van der Waals surface area contributed by atoms with Crippen molar-refractivity contribution < 1.29 is 9.90 Å². The number of aromatic nitrogens is 2. The maximum atomic E-state index is 10.6. The zero-order valence-electron chi connectivity index (χ0n) is 6.90. The molecule has 0 saturated carbocycles. The summed E-state index contributed by atoms with van der Waals surface area (Å²) in [6.45, 7) is 1.45. The standard InChI is InChI=1S/C7H8N4O2/c1-3(7(12)13)5-4(2-8)6(9)11-10-5/h3H,1H3,(H,12,13)(H3,9,10,11). The Balaban J connectivity index is 3.16. The summed E-state index contributed by atoms with van der Waals surface area (Å²) in [5.41, 5.74) is 5.68. The van der Waals surface area contributed by atoms with Crippen LogP contribution >= 0.6 is 0 Å². The number of nitrogens with zero attached hydrogens (tertiary/aromatic N) is 2. The molecule has 6 heteroatoms. The molecule has 0 spiro atoms. The Hall–Kier alpha value is -2.03. The molecule has 0 aliphatic rings. The number of carboxylic acids is 1. The molecule has 0 saturated heterocycles. The van der Waals surface area contributed by atoms with Gasteiger partial charge >= 0.3 is 5.97 Å². The first-order chi connectivity index (χ1) is 6.07. The molecule has 0 aliphatic carbocycles. The smallest absolute Gasteiger partial charge is 0.312 e. The van der Waals surface area contributed by atoms with Crippen LogP contribution in [0.3, 0.4) is 0 Å². The van der Waals surface area contributed by atoms with Gasteiger partial charge in [-0.15, -0.1) is 0 Å². The molecule has 1 rings (SSSR count). The Morgan fingerprint density at radius 3 is 2.92 bits per heavy atom. The summed E-state index contributed by atoms with van der Waals surface area (Å²) >= 11 is 0. The molecule has 6 nitrogen and oxygen atoms in total. The van der Waals surface area contributed by atoms with E-state index in [9.17, 15) is 4.79 Å². The van der Waals surface area contributed by atoms with E-state index in [1.54, 1.807) is 6.07 Å². The number of nitriles is 1. The summed E-state index contributed by atoms with van der Waals surface area (Å²) in [4.78, 5) is 10.6. The quantitative estimate of drug-likeness (QED) is 0.594. The highest BCUT2D eigenvalue weighted by molar-refractivity contribution is 5.76. The SMILES string of the molecule is CC(C(=O)O)c1[nH]nc(N)c1C#N. The third-order valence-electron chi connectivity index (χ3n) is 1.74. The number of hydrogen-bond donors (Lipinski definition) is 3. The molecule has 4 N–H and O–H groups in total. The van der Waals surface area contributed by atoms with Gasteiger partial charge in [0.1, 0.15) is 11.6 Å². The van der Waals surface area contributed by atoms with Gasteiger partial charge < -0.3 is 10.8 Å². The number of anilines is 1. The molecule has 0 bridgehead atoms. The minimum absolute atomic E-state index is 0.0330. The number of rotatable bonds is 2. The Morgan fingerprint density at radius 1 is 1.85 bits per heavy atom. The van der Waals surface area contributed by atoms with Crippen LogP contribution in [0.25, 0.3) is 0 Å². The average molecular weight is 180 g/mol. The van der Waals surface area contributed by atoms with Crippen molar-refractivity contribution in [3.05, 3.63) is 11.3 Å². The van der Waals surface area contributed by atoms with E-state index in [1.165, 1.54) is 6.92 Å². The van der Waals surface area contributed by atoms with Gasteiger partial charge in [-0.1, -0.05) is 0 Å². The second-order valence-corrected chi connectivity index (χ2v) is 2.57. The van der Waals surface area contributed by atoms with Crippen molar-refractivity contribution in [2.24, 2.45) is 0 Å². The van der Waals surface area contributed by atoms with E-state index in [-0.39, 0.29) is 17.1 Å². The number of aromatic amines is 1. The maximum Gasteiger partial charge on any atom is 0.312 e. The fourth-order valence-electron chi connectivity index (χ4n) is 0.925. The van der Waals surface area contributed by atoms with Gasteiger partial charge in [-0.25, -0.2) is 0 Å². The van der Waals surface area contributed by atoms with Crippen molar-refractivity contribution in [2.45, 2.75) is 12.8 Å². The van der Waals surface area contributed by atoms with Crippen LogP contribution < -0.4 is 5.73 Å². The summed E-state index contributed by atoms with van der Waals surface area (Å²) < 4.78 is 0. The minimum Gasteiger partial charge on any atom is -0.481 e. The molecule has 1 atom stereocenters. The van der Waals surface area contributed by atoms with Crippen molar-refractivity contribution in [2.75, 3.05) is 5.73 Å². The summed E-state index contributed by atoms with van der Waals surface area (Å²) in [6, 6.07) is 1.80. The lowest BCUT2D eigenvalue weighted by molar-refractivity contribution is -0.138. The Labute approximate surface area is 74.0 Å². The molecular formula is C7H8N4O2. The highest BCUT2D eigenvalue weighted by atomic mass is 16.4. The summed E-state index contributed by atoms with van der Waals surface area (Å²) in [6.07, 6.45) is 0. The summed E-state index contributed by atoms with van der Waals surface area (Å²) in [5.74, 6) is -1.80. The van der Waals surface area contributed by atoms with Crippen LogP contribution in [0.5, 0.6) is 0 Å². The van der Waals surface area contributed by atoms with E-state index in [0.29, 0.717) is 0 Å². The van der Waals surface area contributed by atoms with E-state index in [1.807, 2.05) is 0 Å². The Kier molecular flexibility index (Phi) is 2.19. The second-order valence-electron chi connectivity index (χ2n) is 2.57. The number of nitrogen functional groups attached to an aromatic ring is 1. The van der Waals surface area contributed by atoms with Crippen molar-refractivity contribution >= 4 is 11.8 Å². The molecule has 0 amide bonds. The maximum absolute atomic E-state index is 10.6. The molecule has 0 aromatic carbocycles.